The molecule has 1 aliphatic rings. The van der Waals surface area contributed by atoms with Crippen molar-refractivity contribution in [3.05, 3.63) is 23.9 Å². The van der Waals surface area contributed by atoms with E-state index in [1.165, 1.54) is 31.2 Å². The molecule has 1 aromatic rings. The van der Waals surface area contributed by atoms with Crippen LogP contribution in [0.15, 0.2) is 18.3 Å². The molecule has 0 saturated heterocycles. The third-order valence-electron chi connectivity index (χ3n) is 3.47. The first-order valence-electron chi connectivity index (χ1n) is 5.97. The fraction of sp³-hybridized carbons (Fsp3) is 0.615. The highest BCUT2D eigenvalue weighted by molar-refractivity contribution is 5.43. The van der Waals surface area contributed by atoms with Crippen molar-refractivity contribution in [1.29, 1.82) is 0 Å². The summed E-state index contributed by atoms with van der Waals surface area (Å²) in [5, 5.41) is 3.56. The zero-order chi connectivity index (χ0) is 10.7. The SMILES string of the molecule is CCC1CCC(Nc2ncccc2C)C1. The Kier molecular flexibility index (Phi) is 3.24. The molecule has 2 rings (SSSR count). The van der Waals surface area contributed by atoms with Crippen molar-refractivity contribution in [1.82, 2.24) is 4.98 Å². The van der Waals surface area contributed by atoms with Crippen LogP contribution in [0.3, 0.4) is 0 Å². The highest BCUT2D eigenvalue weighted by Gasteiger charge is 2.23. The van der Waals surface area contributed by atoms with Crippen LogP contribution in [0, 0.1) is 12.8 Å². The first kappa shape index (κ1) is 10.5. The smallest absolute Gasteiger partial charge is 0.129 e. The van der Waals surface area contributed by atoms with E-state index in [0.29, 0.717) is 6.04 Å². The van der Waals surface area contributed by atoms with Crippen LogP contribution >= 0.6 is 0 Å². The van der Waals surface area contributed by atoms with Crippen LogP contribution in [0.4, 0.5) is 5.82 Å². The highest BCUT2D eigenvalue weighted by Crippen LogP contribution is 2.30. The topological polar surface area (TPSA) is 24.9 Å². The Morgan fingerprint density at radius 3 is 3.00 bits per heavy atom. The van der Waals surface area contributed by atoms with Gasteiger partial charge in [-0.15, -0.1) is 0 Å². The van der Waals surface area contributed by atoms with Crippen molar-refractivity contribution < 1.29 is 0 Å². The summed E-state index contributed by atoms with van der Waals surface area (Å²) in [5.74, 6) is 1.99. The minimum atomic E-state index is 0.642. The van der Waals surface area contributed by atoms with Crippen molar-refractivity contribution in [2.24, 2.45) is 5.92 Å². The Morgan fingerprint density at radius 2 is 2.33 bits per heavy atom. The van der Waals surface area contributed by atoms with Crippen LogP contribution in [0.5, 0.6) is 0 Å². The number of rotatable bonds is 3. The third-order valence-corrected chi connectivity index (χ3v) is 3.47. The van der Waals surface area contributed by atoms with E-state index in [2.05, 4.69) is 30.2 Å². The van der Waals surface area contributed by atoms with Gasteiger partial charge in [0.2, 0.25) is 0 Å². The number of pyridine rings is 1. The Hall–Kier alpha value is -1.05. The number of anilines is 1. The summed E-state index contributed by atoms with van der Waals surface area (Å²) < 4.78 is 0. The van der Waals surface area contributed by atoms with Gasteiger partial charge in [0.15, 0.2) is 0 Å². The van der Waals surface area contributed by atoms with E-state index in [0.717, 1.165) is 11.7 Å². The second-order valence-corrected chi connectivity index (χ2v) is 4.60. The molecule has 1 fully saturated rings. The maximum atomic E-state index is 4.38. The standard InChI is InChI=1S/C13H20N2/c1-3-11-6-7-12(9-11)15-13-10(2)5-4-8-14-13/h4-5,8,11-12H,3,6-7,9H2,1-2H3,(H,14,15). The molecular weight excluding hydrogens is 184 g/mol. The van der Waals surface area contributed by atoms with Gasteiger partial charge in [-0.05, 0) is 43.7 Å². The largest absolute Gasteiger partial charge is 0.367 e. The summed E-state index contributed by atoms with van der Waals surface area (Å²) in [6.07, 6.45) is 7.17. The predicted octanol–water partition coefficient (Wildman–Crippen LogP) is 3.38. The van der Waals surface area contributed by atoms with Crippen molar-refractivity contribution in [3.8, 4) is 0 Å². The average molecular weight is 204 g/mol. The normalized spacial score (nSPS) is 25.5. The predicted molar refractivity (Wildman–Crippen MR) is 64.0 cm³/mol. The maximum absolute atomic E-state index is 4.38. The average Bonchev–Trinajstić information content (AvgIpc) is 2.69. The van der Waals surface area contributed by atoms with Crippen LogP contribution in [0.1, 0.15) is 38.2 Å². The van der Waals surface area contributed by atoms with Gasteiger partial charge < -0.3 is 5.32 Å². The van der Waals surface area contributed by atoms with E-state index in [1.54, 1.807) is 0 Å². The van der Waals surface area contributed by atoms with E-state index in [4.69, 9.17) is 0 Å². The number of aromatic nitrogens is 1. The lowest BCUT2D eigenvalue weighted by molar-refractivity contribution is 0.524. The lowest BCUT2D eigenvalue weighted by atomic mass is 10.1. The van der Waals surface area contributed by atoms with Gasteiger partial charge in [0.1, 0.15) is 5.82 Å². The zero-order valence-electron chi connectivity index (χ0n) is 9.66. The summed E-state index contributed by atoms with van der Waals surface area (Å²) in [4.78, 5) is 4.38. The molecule has 2 heteroatoms. The second kappa shape index (κ2) is 4.65. The summed E-state index contributed by atoms with van der Waals surface area (Å²) >= 11 is 0. The maximum Gasteiger partial charge on any atom is 0.129 e. The molecule has 0 amide bonds. The van der Waals surface area contributed by atoms with Gasteiger partial charge in [-0.2, -0.15) is 0 Å². The van der Waals surface area contributed by atoms with Gasteiger partial charge in [0.25, 0.3) is 0 Å². The number of nitrogens with zero attached hydrogens (tertiary/aromatic N) is 1. The fourth-order valence-electron chi connectivity index (χ4n) is 2.41. The number of nitrogens with one attached hydrogen (secondary N) is 1. The third kappa shape index (κ3) is 2.49. The molecule has 0 aromatic carbocycles. The molecule has 1 heterocycles. The molecule has 0 radical (unpaired) electrons. The highest BCUT2D eigenvalue weighted by atomic mass is 15.0. The van der Waals surface area contributed by atoms with Crippen LogP contribution in [-0.2, 0) is 0 Å². The fourth-order valence-corrected chi connectivity index (χ4v) is 2.41. The Bertz CT molecular complexity index is 322. The lowest BCUT2D eigenvalue weighted by Crippen LogP contribution is -2.17. The van der Waals surface area contributed by atoms with Crippen molar-refractivity contribution >= 4 is 5.82 Å². The molecule has 1 saturated carbocycles. The molecule has 1 aliphatic carbocycles. The van der Waals surface area contributed by atoms with Crippen LogP contribution < -0.4 is 5.32 Å². The molecule has 0 aliphatic heterocycles. The van der Waals surface area contributed by atoms with Gasteiger partial charge in [-0.25, -0.2) is 4.98 Å². The molecular formula is C13H20N2. The van der Waals surface area contributed by atoms with Crippen LogP contribution in [0.25, 0.3) is 0 Å². The van der Waals surface area contributed by atoms with Gasteiger partial charge in [0, 0.05) is 12.2 Å². The Balaban J connectivity index is 1.96. The van der Waals surface area contributed by atoms with Crippen molar-refractivity contribution in [2.75, 3.05) is 5.32 Å². The zero-order valence-corrected chi connectivity index (χ0v) is 9.66. The van der Waals surface area contributed by atoms with E-state index in [-0.39, 0.29) is 0 Å². The van der Waals surface area contributed by atoms with E-state index >= 15 is 0 Å². The Morgan fingerprint density at radius 1 is 1.47 bits per heavy atom. The van der Waals surface area contributed by atoms with E-state index in [9.17, 15) is 0 Å². The molecule has 2 unspecified atom stereocenters. The van der Waals surface area contributed by atoms with Crippen molar-refractivity contribution in [2.45, 2.75) is 45.6 Å². The summed E-state index contributed by atoms with van der Waals surface area (Å²) in [6.45, 7) is 4.40. The van der Waals surface area contributed by atoms with E-state index < -0.39 is 0 Å². The number of hydrogen-bond donors (Lipinski definition) is 1. The quantitative estimate of drug-likeness (QED) is 0.816. The Labute approximate surface area is 92.1 Å². The molecule has 2 nitrogen and oxygen atoms in total. The summed E-state index contributed by atoms with van der Waals surface area (Å²) in [7, 11) is 0. The minimum Gasteiger partial charge on any atom is -0.367 e. The minimum absolute atomic E-state index is 0.642. The van der Waals surface area contributed by atoms with Gasteiger partial charge in [0.05, 0.1) is 0 Å². The summed E-state index contributed by atoms with van der Waals surface area (Å²) in [6, 6.07) is 4.74. The lowest BCUT2D eigenvalue weighted by Gasteiger charge is -2.14. The molecule has 2 atom stereocenters. The molecule has 1 aromatic heterocycles. The molecule has 0 spiro atoms. The van der Waals surface area contributed by atoms with Gasteiger partial charge in [-0.1, -0.05) is 19.4 Å². The number of hydrogen-bond acceptors (Lipinski definition) is 2. The van der Waals surface area contributed by atoms with Gasteiger partial charge in [-0.3, -0.25) is 0 Å². The molecule has 0 bridgehead atoms. The number of aryl methyl sites for hydroxylation is 1. The molecule has 15 heavy (non-hydrogen) atoms. The van der Waals surface area contributed by atoms with E-state index in [1.807, 2.05) is 12.3 Å². The second-order valence-electron chi connectivity index (χ2n) is 4.60. The first-order valence-corrected chi connectivity index (χ1v) is 5.97. The summed E-state index contributed by atoms with van der Waals surface area (Å²) in [5.41, 5.74) is 1.25. The monoisotopic (exact) mass is 204 g/mol. The van der Waals surface area contributed by atoms with Crippen LogP contribution in [-0.4, -0.2) is 11.0 Å². The van der Waals surface area contributed by atoms with Crippen molar-refractivity contribution in [3.63, 3.8) is 0 Å². The molecule has 1 N–H and O–H groups in total. The van der Waals surface area contributed by atoms with Crippen LogP contribution in [0.2, 0.25) is 0 Å². The van der Waals surface area contributed by atoms with Gasteiger partial charge >= 0.3 is 0 Å². The molecule has 82 valence electrons. The first-order chi connectivity index (χ1) is 7.29.